The Morgan fingerprint density at radius 3 is 2.79 bits per heavy atom. The number of halogens is 1. The molecule has 2 aromatic carbocycles. The lowest BCUT2D eigenvalue weighted by molar-refractivity contribution is 0.244. The van der Waals surface area contributed by atoms with E-state index in [0.29, 0.717) is 35.3 Å². The molecule has 0 atom stereocenters. The maximum atomic E-state index is 7.39. The fraction of sp³-hybridized carbons (Fsp3) is 0.286. The van der Waals surface area contributed by atoms with Crippen molar-refractivity contribution in [1.82, 2.24) is 15.5 Å². The lowest BCUT2D eigenvalue weighted by Crippen LogP contribution is -2.16. The molecule has 0 fully saturated rings. The Bertz CT molecular complexity index is 1040. The molecule has 7 nitrogen and oxygen atoms in total. The fourth-order valence-electron chi connectivity index (χ4n) is 3.00. The fourth-order valence-corrected chi connectivity index (χ4v) is 3.00. The van der Waals surface area contributed by atoms with Crippen LogP contribution in [-0.4, -0.2) is 29.4 Å². The quantitative estimate of drug-likeness (QED) is 0.629. The van der Waals surface area contributed by atoms with Crippen LogP contribution >= 0.6 is 12.4 Å². The minimum Gasteiger partial charge on any atom is -0.502 e. The summed E-state index contributed by atoms with van der Waals surface area (Å²) in [5.74, 6) is 2.28. The van der Waals surface area contributed by atoms with Gasteiger partial charge in [-0.25, -0.2) is 4.85 Å². The smallest absolute Gasteiger partial charge is 0.256 e. The molecule has 8 heteroatoms. The molecule has 0 saturated heterocycles. The maximum absolute atomic E-state index is 7.39. The largest absolute Gasteiger partial charge is 0.502 e. The van der Waals surface area contributed by atoms with Crippen molar-refractivity contribution in [3.05, 3.63) is 53.4 Å². The Hall–Kier alpha value is -3.08. The average molecular weight is 413 g/mol. The van der Waals surface area contributed by atoms with Crippen LogP contribution in [-0.2, 0) is 6.54 Å². The molecule has 3 aromatic rings. The van der Waals surface area contributed by atoms with Crippen molar-refractivity contribution in [2.24, 2.45) is 0 Å². The van der Waals surface area contributed by atoms with Gasteiger partial charge in [0, 0.05) is 29.8 Å². The van der Waals surface area contributed by atoms with Crippen LogP contribution in [0, 0.1) is 6.57 Å². The lowest BCUT2D eigenvalue weighted by Gasteiger charge is -2.11. The van der Waals surface area contributed by atoms with Crippen LogP contribution in [0.4, 0.5) is 5.69 Å². The molecular formula is C21H21ClN4O3. The second-order valence-corrected chi connectivity index (χ2v) is 6.73. The molecule has 1 aromatic heterocycles. The molecule has 150 valence electrons. The molecule has 1 N–H and O–H groups in total. The Morgan fingerprint density at radius 1 is 1.17 bits per heavy atom. The first-order valence-corrected chi connectivity index (χ1v) is 9.13. The molecule has 4 rings (SSSR count). The zero-order chi connectivity index (χ0) is 19.5. The molecule has 0 bridgehead atoms. The van der Waals surface area contributed by atoms with Gasteiger partial charge >= 0.3 is 0 Å². The van der Waals surface area contributed by atoms with E-state index in [4.69, 9.17) is 20.6 Å². The van der Waals surface area contributed by atoms with Gasteiger partial charge in [0.05, 0.1) is 12.7 Å². The van der Waals surface area contributed by atoms with Gasteiger partial charge in [0.15, 0.2) is 0 Å². The highest BCUT2D eigenvalue weighted by Gasteiger charge is 2.16. The molecule has 29 heavy (non-hydrogen) atoms. The zero-order valence-corrected chi connectivity index (χ0v) is 17.0. The summed E-state index contributed by atoms with van der Waals surface area (Å²) in [5.41, 5.74) is 3.01. The standard InChI is InChI=1S/C21H20N4O3.ClH/c1-13(2)27-19-7-5-15(11-17(19)22-3)21-24-20(25-28-21)14-4-6-18-16(10-14)12-23-8-9-26-18;/h4-7,10-11,13,23H,8-9,12H2,1-2H3;1H. The van der Waals surface area contributed by atoms with Crippen molar-refractivity contribution in [2.45, 2.75) is 26.5 Å². The van der Waals surface area contributed by atoms with Gasteiger partial charge in [-0.1, -0.05) is 5.16 Å². The molecule has 1 aliphatic rings. The number of rotatable bonds is 4. The molecule has 1 aliphatic heterocycles. The number of hydrogen-bond acceptors (Lipinski definition) is 6. The van der Waals surface area contributed by atoms with E-state index in [1.807, 2.05) is 38.1 Å². The topological polar surface area (TPSA) is 73.8 Å². The molecule has 0 saturated carbocycles. The third-order valence-corrected chi connectivity index (χ3v) is 4.29. The molecule has 0 radical (unpaired) electrons. The van der Waals surface area contributed by atoms with E-state index in [1.54, 1.807) is 12.1 Å². The van der Waals surface area contributed by atoms with Gasteiger partial charge in [0.2, 0.25) is 11.5 Å². The van der Waals surface area contributed by atoms with E-state index in [1.165, 1.54) is 0 Å². The molecule has 0 aliphatic carbocycles. The first kappa shape index (κ1) is 20.6. The normalized spacial score (nSPS) is 12.9. The third-order valence-electron chi connectivity index (χ3n) is 4.29. The summed E-state index contributed by atoms with van der Waals surface area (Å²) in [4.78, 5) is 8.05. The summed E-state index contributed by atoms with van der Waals surface area (Å²) in [7, 11) is 0. The van der Waals surface area contributed by atoms with E-state index >= 15 is 0 Å². The number of hydrogen-bond donors (Lipinski definition) is 1. The van der Waals surface area contributed by atoms with Crippen molar-refractivity contribution < 1.29 is 14.0 Å². The summed E-state index contributed by atoms with van der Waals surface area (Å²) in [5, 5.41) is 7.42. The van der Waals surface area contributed by atoms with E-state index in [2.05, 4.69) is 20.3 Å². The van der Waals surface area contributed by atoms with Gasteiger partial charge in [-0.05, 0) is 50.2 Å². The van der Waals surface area contributed by atoms with Gasteiger partial charge in [-0.3, -0.25) is 0 Å². The van der Waals surface area contributed by atoms with Gasteiger partial charge in [0.1, 0.15) is 18.1 Å². The highest BCUT2D eigenvalue weighted by Crippen LogP contribution is 2.34. The Morgan fingerprint density at radius 2 is 2.00 bits per heavy atom. The maximum Gasteiger partial charge on any atom is 0.256 e. The van der Waals surface area contributed by atoms with Gasteiger partial charge in [-0.2, -0.15) is 4.98 Å². The summed E-state index contributed by atoms with van der Waals surface area (Å²) < 4.78 is 16.8. The van der Waals surface area contributed by atoms with Crippen molar-refractivity contribution >= 4 is 18.1 Å². The summed E-state index contributed by atoms with van der Waals surface area (Å²) in [6.07, 6.45) is -0.00645. The van der Waals surface area contributed by atoms with E-state index < -0.39 is 0 Å². The summed E-state index contributed by atoms with van der Waals surface area (Å²) in [6.45, 7) is 13.4. The monoisotopic (exact) mass is 412 g/mol. The predicted octanol–water partition coefficient (Wildman–Crippen LogP) is 4.65. The third kappa shape index (κ3) is 4.50. The minimum atomic E-state index is -0.00645. The number of aromatic nitrogens is 2. The van der Waals surface area contributed by atoms with Gasteiger partial charge < -0.3 is 19.3 Å². The van der Waals surface area contributed by atoms with E-state index in [0.717, 1.165) is 30.0 Å². The Balaban J connectivity index is 0.00000240. The van der Waals surface area contributed by atoms with Gasteiger partial charge in [0.25, 0.3) is 5.89 Å². The molecule has 0 spiro atoms. The zero-order valence-electron chi connectivity index (χ0n) is 16.1. The second kappa shape index (κ2) is 8.95. The number of benzene rings is 2. The van der Waals surface area contributed by atoms with Crippen LogP contribution < -0.4 is 14.8 Å². The SMILES string of the molecule is Cl.[C-]#[N+]c1cc(-c2nc(-c3ccc4c(c3)CNCCO4)no2)ccc1OC(C)C. The van der Waals surface area contributed by atoms with E-state index in [-0.39, 0.29) is 18.5 Å². The Labute approximate surface area is 175 Å². The summed E-state index contributed by atoms with van der Waals surface area (Å²) in [6, 6.07) is 11.1. The minimum absolute atomic E-state index is 0. The second-order valence-electron chi connectivity index (χ2n) is 6.73. The van der Waals surface area contributed by atoms with Crippen molar-refractivity contribution in [3.8, 4) is 34.3 Å². The van der Waals surface area contributed by atoms with Crippen LogP contribution in [0.1, 0.15) is 19.4 Å². The van der Waals surface area contributed by atoms with Gasteiger partial charge in [-0.15, -0.1) is 12.4 Å². The number of nitrogens with zero attached hydrogens (tertiary/aromatic N) is 3. The number of nitrogens with one attached hydrogen (secondary N) is 1. The predicted molar refractivity (Wildman–Crippen MR) is 112 cm³/mol. The highest BCUT2D eigenvalue weighted by atomic mass is 35.5. The van der Waals surface area contributed by atoms with Crippen molar-refractivity contribution in [1.29, 1.82) is 0 Å². The van der Waals surface area contributed by atoms with E-state index in [9.17, 15) is 0 Å². The van der Waals surface area contributed by atoms with Crippen LogP contribution in [0.15, 0.2) is 40.9 Å². The Kier molecular flexibility index (Phi) is 6.37. The average Bonchev–Trinajstić information content (AvgIpc) is 3.07. The van der Waals surface area contributed by atoms with Crippen molar-refractivity contribution in [2.75, 3.05) is 13.2 Å². The summed E-state index contributed by atoms with van der Waals surface area (Å²) >= 11 is 0. The van der Waals surface area contributed by atoms with Crippen LogP contribution in [0.5, 0.6) is 11.5 Å². The van der Waals surface area contributed by atoms with Crippen molar-refractivity contribution in [3.63, 3.8) is 0 Å². The molecule has 0 amide bonds. The van der Waals surface area contributed by atoms with Crippen LogP contribution in [0.25, 0.3) is 27.7 Å². The lowest BCUT2D eigenvalue weighted by atomic mass is 10.1. The van der Waals surface area contributed by atoms with Crippen LogP contribution in [0.3, 0.4) is 0 Å². The first-order chi connectivity index (χ1) is 13.6. The van der Waals surface area contributed by atoms with Crippen LogP contribution in [0.2, 0.25) is 0 Å². The number of ether oxygens (including phenoxy) is 2. The molecule has 2 heterocycles. The first-order valence-electron chi connectivity index (χ1n) is 9.13. The molecule has 0 unspecified atom stereocenters. The highest BCUT2D eigenvalue weighted by molar-refractivity contribution is 5.85. The number of fused-ring (bicyclic) bond motifs is 1. The molecular weight excluding hydrogens is 392 g/mol.